The molecule has 0 unspecified atom stereocenters. The van der Waals surface area contributed by atoms with Crippen LogP contribution in [-0.4, -0.2) is 146 Å². The van der Waals surface area contributed by atoms with E-state index in [0.717, 1.165) is 164 Å². The number of para-hydroxylation sites is 4. The second-order valence-electron chi connectivity index (χ2n) is 25.0. The third-order valence-electron chi connectivity index (χ3n) is 19.3. The number of carbonyl (C=O) groups is 4. The van der Waals surface area contributed by atoms with Crippen molar-refractivity contribution in [2.45, 2.75) is 102 Å². The molecule has 8 bridgehead atoms. The Bertz CT molecular complexity index is 2490. The molecule has 14 rings (SSSR count). The highest BCUT2D eigenvalue weighted by Crippen LogP contribution is 2.61. The number of methoxy groups -OCH3 is 2. The monoisotopic (exact) mass is 1130 g/mol. The second-order valence-corrected chi connectivity index (χ2v) is 25.0. The maximum atomic E-state index is 13.9. The summed E-state index contributed by atoms with van der Waals surface area (Å²) in [6.45, 7) is 9.70. The number of amides is 2. The van der Waals surface area contributed by atoms with Crippen LogP contribution in [0.3, 0.4) is 0 Å². The van der Waals surface area contributed by atoms with Gasteiger partial charge < -0.3 is 51.1 Å². The molecule has 4 aromatic carbocycles. The van der Waals surface area contributed by atoms with E-state index in [1.165, 1.54) is 61.0 Å². The van der Waals surface area contributed by atoms with E-state index in [9.17, 15) is 19.2 Å². The largest absolute Gasteiger partial charge is 0.495 e. The molecule has 2 heterocycles. The number of carbonyl (C=O) groups excluding carboxylic acids is 2. The van der Waals surface area contributed by atoms with Crippen LogP contribution >= 0.6 is 0 Å². The molecule has 10 fully saturated rings. The first-order chi connectivity index (χ1) is 38.8. The fourth-order valence-electron chi connectivity index (χ4n) is 16.5. The quantitative estimate of drug-likeness (QED) is 0.0708. The van der Waals surface area contributed by atoms with Crippen molar-refractivity contribution in [3.63, 3.8) is 0 Å². The molecule has 2 aliphatic heterocycles. The first kappa shape index (κ1) is 61.6. The number of anilines is 2. The van der Waals surface area contributed by atoms with Gasteiger partial charge in [-0.1, -0.05) is 84.9 Å². The summed E-state index contributed by atoms with van der Waals surface area (Å²) in [6, 6.07) is 38.3. The van der Waals surface area contributed by atoms with Crippen LogP contribution in [-0.2, 0) is 32.0 Å². The number of carboxylic acids is 2. The van der Waals surface area contributed by atoms with E-state index in [-0.39, 0.29) is 33.9 Å². The SMILES string of the molecule is COc1ccccc1N1CCN(C[C@H](Cc2ccccc2)NC(=O)C23CC4CC(CC(C4)C2)C3)CC1.COc1ccccc1N1CCN(C[C@H](Cc2ccccc2)NC(=O)C23CC4CC(CC(C4)C2)C3)CC1.O.O.O=C(O)/C=C/C(=O)O. The number of carboxylic acid groups (broad SMARTS) is 2. The van der Waals surface area contributed by atoms with Gasteiger partial charge in [0.1, 0.15) is 11.5 Å². The van der Waals surface area contributed by atoms with Gasteiger partial charge in [-0.3, -0.25) is 19.4 Å². The molecular weight excluding hydrogens is 1040 g/mol. The van der Waals surface area contributed by atoms with E-state index in [0.29, 0.717) is 24.0 Å². The van der Waals surface area contributed by atoms with Gasteiger partial charge in [0, 0.05) is 101 Å². The van der Waals surface area contributed by atoms with Crippen LogP contribution in [0.2, 0.25) is 0 Å². The van der Waals surface area contributed by atoms with Crippen LogP contribution in [0.5, 0.6) is 11.5 Å². The maximum Gasteiger partial charge on any atom is 0.328 e. The van der Waals surface area contributed by atoms with Gasteiger partial charge in [0.05, 0.1) is 25.6 Å². The summed E-state index contributed by atoms with van der Waals surface area (Å²) >= 11 is 0. The molecule has 2 amide bonds. The van der Waals surface area contributed by atoms with Crippen LogP contribution in [0.25, 0.3) is 0 Å². The Balaban J connectivity index is 0.000000186. The normalized spacial score (nSPS) is 27.5. The van der Waals surface area contributed by atoms with E-state index < -0.39 is 11.9 Å². The molecule has 2 atom stereocenters. The molecule has 0 radical (unpaired) electrons. The number of piperazine rings is 2. The van der Waals surface area contributed by atoms with Crippen LogP contribution < -0.4 is 29.9 Å². The van der Waals surface area contributed by atoms with Crippen molar-refractivity contribution in [3.8, 4) is 11.5 Å². The zero-order chi connectivity index (χ0) is 55.6. The van der Waals surface area contributed by atoms with Gasteiger partial charge in [-0.2, -0.15) is 0 Å². The highest BCUT2D eigenvalue weighted by molar-refractivity contribution is 5.89. The summed E-state index contributed by atoms with van der Waals surface area (Å²) in [5, 5.41) is 22.9. The molecule has 16 heteroatoms. The van der Waals surface area contributed by atoms with E-state index in [2.05, 4.69) is 115 Å². The van der Waals surface area contributed by atoms with Gasteiger partial charge in [-0.05, 0) is 161 Å². The molecule has 8 aliphatic carbocycles. The average molecular weight is 1130 g/mol. The Kier molecular flexibility index (Phi) is 21.2. The summed E-state index contributed by atoms with van der Waals surface area (Å²) in [5.74, 6) is 4.82. The minimum Gasteiger partial charge on any atom is -0.495 e. The molecule has 0 spiro atoms. The summed E-state index contributed by atoms with van der Waals surface area (Å²) in [6.07, 6.45) is 17.9. The Morgan fingerprint density at radius 2 is 0.768 bits per heavy atom. The van der Waals surface area contributed by atoms with Crippen molar-refractivity contribution in [1.82, 2.24) is 20.4 Å². The fraction of sp³-hybridized carbons (Fsp3) is 0.545. The number of rotatable bonds is 18. The van der Waals surface area contributed by atoms with Crippen LogP contribution in [0.4, 0.5) is 11.4 Å². The first-order valence-electron chi connectivity index (χ1n) is 29.9. The van der Waals surface area contributed by atoms with Crippen molar-refractivity contribution in [2.75, 3.05) is 89.5 Å². The number of ether oxygens (including phenoxy) is 2. The molecule has 444 valence electrons. The van der Waals surface area contributed by atoms with Crippen molar-refractivity contribution < 1.29 is 49.8 Å². The van der Waals surface area contributed by atoms with Gasteiger partial charge in [0.2, 0.25) is 11.8 Å². The van der Waals surface area contributed by atoms with Crippen LogP contribution in [0.1, 0.15) is 88.2 Å². The van der Waals surface area contributed by atoms with E-state index in [1.54, 1.807) is 14.2 Å². The minimum absolute atomic E-state index is 0. The summed E-state index contributed by atoms with van der Waals surface area (Å²) in [5.41, 5.74) is 4.78. The number of aliphatic carboxylic acids is 2. The Hall–Kier alpha value is -6.46. The fourth-order valence-corrected chi connectivity index (χ4v) is 16.5. The smallest absolute Gasteiger partial charge is 0.328 e. The van der Waals surface area contributed by atoms with Gasteiger partial charge in [0.25, 0.3) is 0 Å². The predicted octanol–water partition coefficient (Wildman–Crippen LogP) is 7.58. The van der Waals surface area contributed by atoms with Crippen LogP contribution in [0, 0.1) is 46.3 Å². The zero-order valence-corrected chi connectivity index (χ0v) is 48.3. The van der Waals surface area contributed by atoms with Crippen molar-refractivity contribution in [2.24, 2.45) is 46.3 Å². The highest BCUT2D eigenvalue weighted by atomic mass is 16.5. The molecular formula is C66H90N6O10. The molecule has 16 nitrogen and oxygen atoms in total. The predicted molar refractivity (Wildman–Crippen MR) is 320 cm³/mol. The number of nitrogens with zero attached hydrogens (tertiary/aromatic N) is 4. The average Bonchev–Trinajstić information content (AvgIpc) is 3.63. The lowest BCUT2D eigenvalue weighted by Gasteiger charge is -2.56. The number of hydrogen-bond acceptors (Lipinski definition) is 10. The van der Waals surface area contributed by atoms with Gasteiger partial charge in [-0.15, -0.1) is 0 Å². The van der Waals surface area contributed by atoms with Crippen molar-refractivity contribution in [3.05, 3.63) is 132 Å². The maximum absolute atomic E-state index is 13.9. The van der Waals surface area contributed by atoms with E-state index in [1.807, 2.05) is 24.3 Å². The first-order valence-corrected chi connectivity index (χ1v) is 29.9. The third-order valence-corrected chi connectivity index (χ3v) is 19.3. The van der Waals surface area contributed by atoms with Crippen molar-refractivity contribution >= 4 is 35.1 Å². The topological polar surface area (TPSA) is 227 Å². The molecule has 2 saturated heterocycles. The minimum atomic E-state index is -1.26. The standard InChI is InChI=1S/2C31H41N3O2.C4H4O4.2H2O/c2*1-36-29-10-6-5-9-28(29)34-13-11-33(12-14-34)22-27(18-23-7-3-2-4-8-23)32-30(35)31-19-24-15-25(20-31)17-26(16-24)21-31;5-3(6)1-2-4(7)8;;/h2*2-10,24-27H,11-22H2,1H3,(H,32,35);1-2H,(H,5,6)(H,7,8);2*1H2/b;;2-1+;;/t2*24?,25?,26?,27-,31?;;;/m00.../s1. The second kappa shape index (κ2) is 28.2. The summed E-state index contributed by atoms with van der Waals surface area (Å²) in [4.78, 5) is 56.8. The molecule has 8 N–H and O–H groups in total. The zero-order valence-electron chi connectivity index (χ0n) is 48.3. The van der Waals surface area contributed by atoms with Crippen molar-refractivity contribution in [1.29, 1.82) is 0 Å². The van der Waals surface area contributed by atoms with E-state index in [4.69, 9.17) is 19.7 Å². The molecule has 8 saturated carbocycles. The molecule has 4 aromatic rings. The van der Waals surface area contributed by atoms with Gasteiger partial charge in [0.15, 0.2) is 0 Å². The van der Waals surface area contributed by atoms with Crippen LogP contribution in [0.15, 0.2) is 121 Å². The summed E-state index contributed by atoms with van der Waals surface area (Å²) < 4.78 is 11.2. The Morgan fingerprint density at radius 1 is 0.476 bits per heavy atom. The number of benzene rings is 4. The third kappa shape index (κ3) is 15.4. The number of nitrogens with one attached hydrogen (secondary N) is 2. The lowest BCUT2D eigenvalue weighted by molar-refractivity contribution is -0.147. The molecule has 10 aliphatic rings. The lowest BCUT2D eigenvalue weighted by atomic mass is 9.49. The number of hydrogen-bond donors (Lipinski definition) is 4. The highest BCUT2D eigenvalue weighted by Gasteiger charge is 2.56. The summed E-state index contributed by atoms with van der Waals surface area (Å²) in [7, 11) is 3.49. The Labute approximate surface area is 485 Å². The van der Waals surface area contributed by atoms with Gasteiger partial charge in [-0.25, -0.2) is 9.59 Å². The van der Waals surface area contributed by atoms with E-state index >= 15 is 0 Å². The van der Waals surface area contributed by atoms with Gasteiger partial charge >= 0.3 is 11.9 Å². The Morgan fingerprint density at radius 3 is 1.06 bits per heavy atom. The molecule has 0 aromatic heterocycles. The lowest BCUT2D eigenvalue weighted by Crippen LogP contribution is -2.58. The molecule has 82 heavy (non-hydrogen) atoms.